The number of rotatable bonds is 10. The van der Waals surface area contributed by atoms with Gasteiger partial charge < -0.3 is 15.5 Å². The van der Waals surface area contributed by atoms with Crippen LogP contribution in [0.5, 0.6) is 11.5 Å². The Morgan fingerprint density at radius 3 is 2.31 bits per heavy atom. The summed E-state index contributed by atoms with van der Waals surface area (Å²) >= 11 is 0. The minimum absolute atomic E-state index is 0.0325. The molecule has 0 bridgehead atoms. The van der Waals surface area contributed by atoms with Gasteiger partial charge in [0.25, 0.3) is 0 Å². The van der Waals surface area contributed by atoms with Gasteiger partial charge in [-0.1, -0.05) is 25.0 Å². The molecule has 0 aliphatic carbocycles. The lowest BCUT2D eigenvalue weighted by molar-refractivity contribution is -0.121. The predicted molar refractivity (Wildman–Crippen MR) is 108 cm³/mol. The summed E-state index contributed by atoms with van der Waals surface area (Å²) < 4.78 is 13.2. The molecule has 29 heavy (non-hydrogen) atoms. The Bertz CT molecular complexity index is 871. The molecule has 7 nitrogen and oxygen atoms in total. The fraction of sp³-hybridized carbons (Fsp3) is 0.286. The maximum atomic E-state index is 13.2. The van der Waals surface area contributed by atoms with E-state index in [4.69, 9.17) is 5.11 Å². The SMILES string of the molecule is O=C(CCCCCCC(=O)Nc1ccccc1O)N/N=C/c1ccc(O)c(F)c1. The van der Waals surface area contributed by atoms with Crippen molar-refractivity contribution < 1.29 is 24.2 Å². The van der Waals surface area contributed by atoms with E-state index in [2.05, 4.69) is 15.8 Å². The van der Waals surface area contributed by atoms with Crippen molar-refractivity contribution in [3.8, 4) is 11.5 Å². The highest BCUT2D eigenvalue weighted by molar-refractivity contribution is 5.92. The first-order valence-electron chi connectivity index (χ1n) is 9.34. The molecule has 0 aliphatic heterocycles. The predicted octanol–water partition coefficient (Wildman–Crippen LogP) is 3.67. The van der Waals surface area contributed by atoms with Gasteiger partial charge in [0.15, 0.2) is 11.6 Å². The van der Waals surface area contributed by atoms with Crippen LogP contribution in [0.1, 0.15) is 44.1 Å². The molecule has 0 radical (unpaired) electrons. The molecule has 0 saturated heterocycles. The number of hydrazone groups is 1. The van der Waals surface area contributed by atoms with Gasteiger partial charge in [0.1, 0.15) is 5.75 Å². The highest BCUT2D eigenvalue weighted by Crippen LogP contribution is 2.21. The minimum Gasteiger partial charge on any atom is -0.506 e. The molecule has 2 rings (SSSR count). The Morgan fingerprint density at radius 1 is 0.931 bits per heavy atom. The van der Waals surface area contributed by atoms with Crippen molar-refractivity contribution in [2.24, 2.45) is 5.10 Å². The molecule has 4 N–H and O–H groups in total. The monoisotopic (exact) mass is 401 g/mol. The third kappa shape index (κ3) is 8.00. The summed E-state index contributed by atoms with van der Waals surface area (Å²) in [4.78, 5) is 23.5. The zero-order valence-electron chi connectivity index (χ0n) is 15.9. The van der Waals surface area contributed by atoms with Crippen LogP contribution in [0.2, 0.25) is 0 Å². The highest BCUT2D eigenvalue weighted by atomic mass is 19.1. The molecule has 0 atom stereocenters. The molecule has 0 fully saturated rings. The molecule has 0 saturated carbocycles. The van der Waals surface area contributed by atoms with Crippen molar-refractivity contribution in [2.45, 2.75) is 38.5 Å². The first-order valence-corrected chi connectivity index (χ1v) is 9.34. The molecule has 2 aromatic carbocycles. The Hall–Kier alpha value is -3.42. The lowest BCUT2D eigenvalue weighted by Crippen LogP contribution is -2.17. The van der Waals surface area contributed by atoms with Gasteiger partial charge in [0.2, 0.25) is 11.8 Å². The molecular formula is C21H24FN3O4. The van der Waals surface area contributed by atoms with Gasteiger partial charge in [-0.15, -0.1) is 0 Å². The van der Waals surface area contributed by atoms with Crippen molar-refractivity contribution in [3.63, 3.8) is 0 Å². The number of anilines is 1. The van der Waals surface area contributed by atoms with Crippen molar-refractivity contribution in [1.82, 2.24) is 5.43 Å². The van der Waals surface area contributed by atoms with Gasteiger partial charge in [-0.25, -0.2) is 9.82 Å². The topological polar surface area (TPSA) is 111 Å². The summed E-state index contributed by atoms with van der Waals surface area (Å²) in [5.74, 6) is -1.58. The van der Waals surface area contributed by atoms with E-state index in [-0.39, 0.29) is 17.6 Å². The van der Waals surface area contributed by atoms with E-state index in [1.165, 1.54) is 24.4 Å². The number of phenols is 2. The number of carbonyl (C=O) groups excluding carboxylic acids is 2. The molecule has 0 aliphatic rings. The Labute approximate surface area is 168 Å². The quantitative estimate of drug-likeness (QED) is 0.211. The molecule has 2 amide bonds. The Balaban J connectivity index is 1.55. The van der Waals surface area contributed by atoms with Gasteiger partial charge in [-0.2, -0.15) is 5.10 Å². The van der Waals surface area contributed by atoms with E-state index in [1.54, 1.807) is 18.2 Å². The fourth-order valence-electron chi connectivity index (χ4n) is 2.55. The lowest BCUT2D eigenvalue weighted by Gasteiger charge is -2.06. The largest absolute Gasteiger partial charge is 0.506 e. The van der Waals surface area contributed by atoms with Gasteiger partial charge >= 0.3 is 0 Å². The molecule has 0 aromatic heterocycles. The number of para-hydroxylation sites is 2. The molecule has 0 unspecified atom stereocenters. The van der Waals surface area contributed by atoms with Crippen molar-refractivity contribution in [2.75, 3.05) is 5.32 Å². The van der Waals surface area contributed by atoms with Gasteiger partial charge in [-0.3, -0.25) is 9.59 Å². The second kappa shape index (κ2) is 11.4. The summed E-state index contributed by atoms with van der Waals surface area (Å²) in [6, 6.07) is 10.3. The molecule has 154 valence electrons. The summed E-state index contributed by atoms with van der Waals surface area (Å²) in [5, 5.41) is 25.1. The third-order valence-electron chi connectivity index (χ3n) is 4.11. The number of nitrogens with one attached hydrogen (secondary N) is 2. The second-order valence-corrected chi connectivity index (χ2v) is 6.48. The normalized spacial score (nSPS) is 10.8. The van der Waals surface area contributed by atoms with Gasteiger partial charge in [-0.05, 0) is 48.7 Å². The van der Waals surface area contributed by atoms with E-state index in [9.17, 15) is 19.1 Å². The maximum Gasteiger partial charge on any atom is 0.240 e. The standard InChI is InChI=1S/C21H24FN3O4/c22-16-13-15(11-12-18(16)26)14-23-25-21(29)10-4-2-1-3-9-20(28)24-17-7-5-6-8-19(17)27/h5-8,11-14,26-27H,1-4,9-10H2,(H,24,28)(H,25,29)/b23-14+. The third-order valence-corrected chi connectivity index (χ3v) is 4.11. The van der Waals surface area contributed by atoms with Crippen LogP contribution in [0.15, 0.2) is 47.6 Å². The summed E-state index contributed by atoms with van der Waals surface area (Å²) in [6.45, 7) is 0. The number of hydrogen-bond acceptors (Lipinski definition) is 5. The number of aromatic hydroxyl groups is 2. The number of nitrogens with zero attached hydrogens (tertiary/aromatic N) is 1. The average Bonchev–Trinajstić information content (AvgIpc) is 2.69. The average molecular weight is 401 g/mol. The van der Waals surface area contributed by atoms with Gasteiger partial charge in [0.05, 0.1) is 11.9 Å². The van der Waals surface area contributed by atoms with Crippen LogP contribution in [0.4, 0.5) is 10.1 Å². The summed E-state index contributed by atoms with van der Waals surface area (Å²) in [5.41, 5.74) is 3.18. The molecule has 2 aromatic rings. The molecule has 0 spiro atoms. The van der Waals surface area contributed by atoms with E-state index in [1.807, 2.05) is 0 Å². The van der Waals surface area contributed by atoms with Crippen molar-refractivity contribution in [3.05, 3.63) is 53.8 Å². The van der Waals surface area contributed by atoms with Crippen LogP contribution in [-0.4, -0.2) is 28.2 Å². The van der Waals surface area contributed by atoms with Crippen molar-refractivity contribution >= 4 is 23.7 Å². The zero-order valence-corrected chi connectivity index (χ0v) is 15.9. The molecule has 0 heterocycles. The van der Waals surface area contributed by atoms with E-state index in [0.29, 0.717) is 36.9 Å². The molecule has 8 heteroatoms. The smallest absolute Gasteiger partial charge is 0.240 e. The van der Waals surface area contributed by atoms with Crippen LogP contribution >= 0.6 is 0 Å². The maximum absolute atomic E-state index is 13.2. The summed E-state index contributed by atoms with van der Waals surface area (Å²) in [6.07, 6.45) is 4.88. The first-order chi connectivity index (χ1) is 14.0. The van der Waals surface area contributed by atoms with E-state index >= 15 is 0 Å². The second-order valence-electron chi connectivity index (χ2n) is 6.48. The number of halogens is 1. The summed E-state index contributed by atoms with van der Waals surface area (Å²) in [7, 11) is 0. The Kier molecular flexibility index (Phi) is 8.62. The fourth-order valence-corrected chi connectivity index (χ4v) is 2.55. The van der Waals surface area contributed by atoms with Crippen LogP contribution in [0.25, 0.3) is 0 Å². The van der Waals surface area contributed by atoms with Crippen LogP contribution in [-0.2, 0) is 9.59 Å². The Morgan fingerprint density at radius 2 is 1.62 bits per heavy atom. The van der Waals surface area contributed by atoms with Crippen LogP contribution in [0, 0.1) is 5.82 Å². The van der Waals surface area contributed by atoms with E-state index < -0.39 is 11.6 Å². The minimum atomic E-state index is -0.755. The zero-order chi connectivity index (χ0) is 21.1. The molecular weight excluding hydrogens is 377 g/mol. The number of carbonyl (C=O) groups is 2. The van der Waals surface area contributed by atoms with Gasteiger partial charge in [0, 0.05) is 12.8 Å². The number of phenolic OH excluding ortho intramolecular Hbond substituents is 2. The van der Waals surface area contributed by atoms with Crippen LogP contribution in [0.3, 0.4) is 0 Å². The lowest BCUT2D eigenvalue weighted by atomic mass is 10.1. The number of unbranched alkanes of at least 4 members (excludes halogenated alkanes) is 3. The van der Waals surface area contributed by atoms with Crippen molar-refractivity contribution in [1.29, 1.82) is 0 Å². The number of hydrogen-bond donors (Lipinski definition) is 4. The number of amides is 2. The number of benzene rings is 2. The first kappa shape index (κ1) is 21.9. The van der Waals surface area contributed by atoms with Crippen LogP contribution < -0.4 is 10.7 Å². The van der Waals surface area contributed by atoms with E-state index in [0.717, 1.165) is 18.9 Å². The highest BCUT2D eigenvalue weighted by Gasteiger charge is 2.06.